The molecular formula is C18H21N7. The van der Waals surface area contributed by atoms with Gasteiger partial charge in [0.1, 0.15) is 11.7 Å². The van der Waals surface area contributed by atoms with E-state index in [0.29, 0.717) is 17.0 Å². The van der Waals surface area contributed by atoms with Gasteiger partial charge in [-0.2, -0.15) is 0 Å². The molecule has 1 heterocycles. The molecule has 0 radical (unpaired) electrons. The number of aromatic nitrogens is 1. The largest absolute Gasteiger partial charge is 0.398 e. The Morgan fingerprint density at radius 3 is 2.04 bits per heavy atom. The minimum Gasteiger partial charge on any atom is -0.398 e. The van der Waals surface area contributed by atoms with E-state index in [4.69, 9.17) is 34.1 Å². The van der Waals surface area contributed by atoms with Crippen LogP contribution in [0.3, 0.4) is 0 Å². The molecule has 128 valence electrons. The van der Waals surface area contributed by atoms with Crippen LogP contribution in [-0.4, -0.2) is 10.8 Å². The average Bonchev–Trinajstić information content (AvgIpc) is 2.61. The number of nitrogens with two attached hydrogens (primary N) is 5. The van der Waals surface area contributed by atoms with Crippen molar-refractivity contribution >= 4 is 17.1 Å². The number of pyridine rings is 1. The molecule has 7 heteroatoms. The SMILES string of the molecule is N=C(N)C(/C=C(N)/C(=C(/N)c1ccccc1)c1ccccn1)=C(N)N. The summed E-state index contributed by atoms with van der Waals surface area (Å²) >= 11 is 0. The Kier molecular flexibility index (Phi) is 5.42. The van der Waals surface area contributed by atoms with Crippen molar-refractivity contribution in [3.63, 3.8) is 0 Å². The maximum Gasteiger partial charge on any atom is 0.126 e. The zero-order valence-corrected chi connectivity index (χ0v) is 13.6. The Hall–Kier alpha value is -3.74. The van der Waals surface area contributed by atoms with E-state index in [9.17, 15) is 0 Å². The van der Waals surface area contributed by atoms with Crippen LogP contribution in [0.4, 0.5) is 0 Å². The molecule has 7 nitrogen and oxygen atoms in total. The zero-order chi connectivity index (χ0) is 18.4. The lowest BCUT2D eigenvalue weighted by Gasteiger charge is -2.14. The maximum absolute atomic E-state index is 7.59. The van der Waals surface area contributed by atoms with Crippen molar-refractivity contribution < 1.29 is 0 Å². The van der Waals surface area contributed by atoms with E-state index in [-0.39, 0.29) is 22.9 Å². The van der Waals surface area contributed by atoms with Crippen molar-refractivity contribution in [2.24, 2.45) is 28.7 Å². The van der Waals surface area contributed by atoms with Gasteiger partial charge in [-0.15, -0.1) is 0 Å². The van der Waals surface area contributed by atoms with Gasteiger partial charge < -0.3 is 28.7 Å². The fourth-order valence-electron chi connectivity index (χ4n) is 2.26. The number of rotatable bonds is 5. The molecule has 0 bridgehead atoms. The number of nitrogens with one attached hydrogen (secondary N) is 1. The number of allylic oxidation sites excluding steroid dienone is 1. The monoisotopic (exact) mass is 335 g/mol. The van der Waals surface area contributed by atoms with Crippen LogP contribution in [0.5, 0.6) is 0 Å². The summed E-state index contributed by atoms with van der Waals surface area (Å²) in [5, 5.41) is 7.59. The van der Waals surface area contributed by atoms with Gasteiger partial charge in [0.15, 0.2) is 0 Å². The normalized spacial score (nSPS) is 12.2. The number of hydrogen-bond acceptors (Lipinski definition) is 6. The van der Waals surface area contributed by atoms with E-state index in [1.54, 1.807) is 18.3 Å². The molecule has 2 aromatic rings. The average molecular weight is 335 g/mol. The first-order chi connectivity index (χ1) is 11.9. The van der Waals surface area contributed by atoms with Crippen LogP contribution in [0.2, 0.25) is 0 Å². The zero-order valence-electron chi connectivity index (χ0n) is 13.6. The van der Waals surface area contributed by atoms with E-state index >= 15 is 0 Å². The second-order valence-electron chi connectivity index (χ2n) is 5.25. The molecule has 0 saturated carbocycles. The van der Waals surface area contributed by atoms with E-state index < -0.39 is 0 Å². The second-order valence-corrected chi connectivity index (χ2v) is 5.25. The quantitative estimate of drug-likeness (QED) is 0.268. The lowest BCUT2D eigenvalue weighted by atomic mass is 9.99. The molecule has 0 spiro atoms. The molecule has 0 aliphatic carbocycles. The molecule has 11 N–H and O–H groups in total. The number of benzene rings is 1. The minimum atomic E-state index is -0.290. The van der Waals surface area contributed by atoms with E-state index in [0.717, 1.165) is 5.56 Å². The molecule has 0 fully saturated rings. The molecule has 0 atom stereocenters. The molecule has 25 heavy (non-hydrogen) atoms. The van der Waals surface area contributed by atoms with E-state index in [1.165, 1.54) is 6.08 Å². The van der Waals surface area contributed by atoms with Gasteiger partial charge in [-0.3, -0.25) is 10.4 Å². The molecule has 0 amide bonds. The highest BCUT2D eigenvalue weighted by molar-refractivity contribution is 6.01. The third-order valence-corrected chi connectivity index (χ3v) is 3.46. The molecular weight excluding hydrogens is 314 g/mol. The number of amidine groups is 1. The lowest BCUT2D eigenvalue weighted by Crippen LogP contribution is -2.22. The van der Waals surface area contributed by atoms with Gasteiger partial charge in [0, 0.05) is 17.5 Å². The van der Waals surface area contributed by atoms with Crippen LogP contribution >= 0.6 is 0 Å². The van der Waals surface area contributed by atoms with Gasteiger partial charge in [-0.25, -0.2) is 0 Å². The highest BCUT2D eigenvalue weighted by Crippen LogP contribution is 2.26. The Labute approximate surface area is 146 Å². The van der Waals surface area contributed by atoms with Crippen molar-refractivity contribution in [2.75, 3.05) is 0 Å². The topological polar surface area (TPSA) is 167 Å². The highest BCUT2D eigenvalue weighted by atomic mass is 14.8. The third-order valence-electron chi connectivity index (χ3n) is 3.46. The minimum absolute atomic E-state index is 0.103. The Balaban J connectivity index is 2.69. The molecule has 2 rings (SSSR count). The molecule has 0 saturated heterocycles. The van der Waals surface area contributed by atoms with E-state index in [1.807, 2.05) is 36.4 Å². The molecule has 0 aliphatic rings. The van der Waals surface area contributed by atoms with Gasteiger partial charge in [0.25, 0.3) is 0 Å². The predicted octanol–water partition coefficient (Wildman–Crippen LogP) is 0.816. The summed E-state index contributed by atoms with van der Waals surface area (Å²) in [7, 11) is 0. The third kappa shape index (κ3) is 4.17. The van der Waals surface area contributed by atoms with Crippen molar-refractivity contribution in [1.82, 2.24) is 4.98 Å². The lowest BCUT2D eigenvalue weighted by molar-refractivity contribution is 1.20. The summed E-state index contributed by atoms with van der Waals surface area (Å²) in [5.41, 5.74) is 32.0. The number of nitrogens with zero attached hydrogens (tertiary/aromatic N) is 1. The first kappa shape index (κ1) is 17.6. The molecule has 1 aromatic carbocycles. The van der Waals surface area contributed by atoms with Gasteiger partial charge >= 0.3 is 0 Å². The Morgan fingerprint density at radius 1 is 0.880 bits per heavy atom. The summed E-state index contributed by atoms with van der Waals surface area (Å²) in [6, 6.07) is 14.8. The van der Waals surface area contributed by atoms with Crippen molar-refractivity contribution in [3.05, 3.63) is 89.2 Å². The van der Waals surface area contributed by atoms with Crippen LogP contribution in [0.25, 0.3) is 11.3 Å². The molecule has 1 aromatic heterocycles. The first-order valence-corrected chi connectivity index (χ1v) is 7.45. The standard InChI is InChI=1S/C18H21N7/c19-13(10-12(17(21)22)18(23)24)15(14-8-4-5-9-25-14)16(20)11-6-2-1-3-7-11/h1-10H,19-22H2,(H3,23,24)/b13-10-,16-15-. The predicted molar refractivity (Wildman–Crippen MR) is 101 cm³/mol. The van der Waals surface area contributed by atoms with Crippen LogP contribution < -0.4 is 28.7 Å². The van der Waals surface area contributed by atoms with Gasteiger partial charge in [-0.1, -0.05) is 36.4 Å². The van der Waals surface area contributed by atoms with Crippen molar-refractivity contribution in [1.29, 1.82) is 5.41 Å². The van der Waals surface area contributed by atoms with Crippen LogP contribution in [-0.2, 0) is 0 Å². The van der Waals surface area contributed by atoms with Crippen LogP contribution in [0.15, 0.2) is 77.9 Å². The maximum atomic E-state index is 7.59. The molecule has 0 unspecified atom stereocenters. The second kappa shape index (κ2) is 7.69. The van der Waals surface area contributed by atoms with Crippen LogP contribution in [0, 0.1) is 5.41 Å². The highest BCUT2D eigenvalue weighted by Gasteiger charge is 2.14. The van der Waals surface area contributed by atoms with Gasteiger partial charge in [0.2, 0.25) is 0 Å². The van der Waals surface area contributed by atoms with Crippen molar-refractivity contribution in [3.8, 4) is 0 Å². The fourth-order valence-corrected chi connectivity index (χ4v) is 2.26. The van der Waals surface area contributed by atoms with Crippen molar-refractivity contribution in [2.45, 2.75) is 0 Å². The Morgan fingerprint density at radius 2 is 1.52 bits per heavy atom. The van der Waals surface area contributed by atoms with Crippen LogP contribution in [0.1, 0.15) is 11.3 Å². The van der Waals surface area contributed by atoms with E-state index in [2.05, 4.69) is 4.98 Å². The summed E-state index contributed by atoms with van der Waals surface area (Å²) in [4.78, 5) is 4.32. The molecule has 0 aliphatic heterocycles. The summed E-state index contributed by atoms with van der Waals surface area (Å²) in [6.45, 7) is 0. The summed E-state index contributed by atoms with van der Waals surface area (Å²) in [5.74, 6) is -0.393. The fraction of sp³-hybridized carbons (Fsp3) is 0. The van der Waals surface area contributed by atoms with Gasteiger partial charge in [-0.05, 0) is 23.8 Å². The summed E-state index contributed by atoms with van der Waals surface area (Å²) < 4.78 is 0. The summed E-state index contributed by atoms with van der Waals surface area (Å²) in [6.07, 6.45) is 3.07. The number of hydrogen-bond donors (Lipinski definition) is 6. The first-order valence-electron chi connectivity index (χ1n) is 7.45. The Bertz CT molecular complexity index is 846. The smallest absolute Gasteiger partial charge is 0.126 e. The van der Waals surface area contributed by atoms with Gasteiger partial charge in [0.05, 0.1) is 17.0 Å².